The van der Waals surface area contributed by atoms with Gasteiger partial charge in [-0.1, -0.05) is 11.3 Å². The molecule has 0 bridgehead atoms. The van der Waals surface area contributed by atoms with E-state index < -0.39 is 5.97 Å². The van der Waals surface area contributed by atoms with Crippen LogP contribution in [0.25, 0.3) is 16.9 Å². The summed E-state index contributed by atoms with van der Waals surface area (Å²) in [5.74, 6) is -0.405. The molecule has 4 aromatic rings. The van der Waals surface area contributed by atoms with Crippen LogP contribution >= 0.6 is 11.5 Å². The molecule has 120 valence electrons. The van der Waals surface area contributed by atoms with Crippen LogP contribution in [-0.4, -0.2) is 41.8 Å². The molecule has 0 aliphatic rings. The highest BCUT2D eigenvalue weighted by Gasteiger charge is 2.13. The van der Waals surface area contributed by atoms with E-state index in [1.54, 1.807) is 33.6 Å². The standard InChI is InChI=1S/C15H12N6O2S/c1-23-15(22)13-3-2-4-14-17-11(7-21(13)14)6-20-8-12(18-19-20)10-5-16-24-9-10/h2-5,7-9H,6H2,1H3. The molecule has 0 amide bonds. The van der Waals surface area contributed by atoms with Crippen molar-refractivity contribution >= 4 is 23.1 Å². The Labute approximate surface area is 140 Å². The number of aromatic nitrogens is 6. The van der Waals surface area contributed by atoms with E-state index in [9.17, 15) is 4.79 Å². The van der Waals surface area contributed by atoms with E-state index in [0.717, 1.165) is 17.0 Å². The van der Waals surface area contributed by atoms with Crippen LogP contribution in [0, 0.1) is 0 Å². The van der Waals surface area contributed by atoms with Crippen LogP contribution in [0.4, 0.5) is 0 Å². The highest BCUT2D eigenvalue weighted by atomic mass is 32.1. The van der Waals surface area contributed by atoms with Gasteiger partial charge in [-0.2, -0.15) is 0 Å². The van der Waals surface area contributed by atoms with Gasteiger partial charge in [0, 0.05) is 17.1 Å². The van der Waals surface area contributed by atoms with Crippen LogP contribution in [0.2, 0.25) is 0 Å². The van der Waals surface area contributed by atoms with Crippen LogP contribution in [-0.2, 0) is 11.3 Å². The van der Waals surface area contributed by atoms with E-state index in [1.165, 1.54) is 18.6 Å². The number of pyridine rings is 1. The van der Waals surface area contributed by atoms with Crippen molar-refractivity contribution in [3.05, 3.63) is 53.6 Å². The van der Waals surface area contributed by atoms with Crippen LogP contribution in [0.3, 0.4) is 0 Å². The second kappa shape index (κ2) is 5.85. The summed E-state index contributed by atoms with van der Waals surface area (Å²) >= 11 is 1.37. The Kier molecular flexibility index (Phi) is 3.54. The average molecular weight is 340 g/mol. The van der Waals surface area contributed by atoms with Gasteiger partial charge in [-0.15, -0.1) is 5.10 Å². The first-order chi connectivity index (χ1) is 11.7. The summed E-state index contributed by atoms with van der Waals surface area (Å²) in [7, 11) is 1.36. The van der Waals surface area contributed by atoms with E-state index in [0.29, 0.717) is 17.9 Å². The van der Waals surface area contributed by atoms with E-state index in [4.69, 9.17) is 4.74 Å². The molecular formula is C15H12N6O2S. The largest absolute Gasteiger partial charge is 0.464 e. The number of methoxy groups -OCH3 is 1. The van der Waals surface area contributed by atoms with Gasteiger partial charge in [-0.25, -0.2) is 18.8 Å². The smallest absolute Gasteiger partial charge is 0.355 e. The second-order valence-electron chi connectivity index (χ2n) is 5.08. The molecule has 0 saturated carbocycles. The number of nitrogens with zero attached hydrogens (tertiary/aromatic N) is 6. The van der Waals surface area contributed by atoms with Gasteiger partial charge in [0.2, 0.25) is 0 Å². The Morgan fingerprint density at radius 2 is 2.25 bits per heavy atom. The van der Waals surface area contributed by atoms with Gasteiger partial charge in [0.25, 0.3) is 0 Å². The molecule has 0 spiro atoms. The monoisotopic (exact) mass is 340 g/mol. The number of imidazole rings is 1. The quantitative estimate of drug-likeness (QED) is 0.527. The summed E-state index contributed by atoms with van der Waals surface area (Å²) < 4.78 is 12.3. The first-order valence-electron chi connectivity index (χ1n) is 7.10. The number of hydrogen-bond donors (Lipinski definition) is 0. The molecule has 0 unspecified atom stereocenters. The lowest BCUT2D eigenvalue weighted by molar-refractivity contribution is 0.0592. The maximum Gasteiger partial charge on any atom is 0.355 e. The molecule has 4 heterocycles. The number of rotatable bonds is 4. The maximum absolute atomic E-state index is 11.8. The van der Waals surface area contributed by atoms with Crippen molar-refractivity contribution in [1.29, 1.82) is 0 Å². The Balaban J connectivity index is 1.64. The predicted molar refractivity (Wildman–Crippen MR) is 86.8 cm³/mol. The van der Waals surface area contributed by atoms with E-state index in [2.05, 4.69) is 19.7 Å². The third-order valence-corrected chi connectivity index (χ3v) is 4.11. The van der Waals surface area contributed by atoms with Gasteiger partial charge in [0.1, 0.15) is 17.0 Å². The second-order valence-corrected chi connectivity index (χ2v) is 5.73. The normalized spacial score (nSPS) is 11.0. The number of ether oxygens (including phenoxy) is 1. The van der Waals surface area contributed by atoms with Crippen molar-refractivity contribution in [2.24, 2.45) is 0 Å². The fourth-order valence-corrected chi connectivity index (χ4v) is 2.94. The van der Waals surface area contributed by atoms with Gasteiger partial charge in [0.15, 0.2) is 0 Å². The fourth-order valence-electron chi connectivity index (χ4n) is 2.41. The molecule has 0 aliphatic heterocycles. The molecule has 9 heteroatoms. The van der Waals surface area contributed by atoms with Crippen LogP contribution in [0.1, 0.15) is 16.2 Å². The SMILES string of the molecule is COC(=O)c1cccc2nc(Cn3cc(-c4cnsc4)nn3)cn12. The lowest BCUT2D eigenvalue weighted by atomic mass is 10.3. The molecule has 24 heavy (non-hydrogen) atoms. The van der Waals surface area contributed by atoms with Gasteiger partial charge < -0.3 is 4.74 Å². The summed E-state index contributed by atoms with van der Waals surface area (Å²) in [5.41, 5.74) is 3.58. The van der Waals surface area contributed by atoms with Crippen LogP contribution < -0.4 is 0 Å². The van der Waals surface area contributed by atoms with Crippen molar-refractivity contribution < 1.29 is 9.53 Å². The van der Waals surface area contributed by atoms with Gasteiger partial charge in [-0.3, -0.25) is 4.40 Å². The summed E-state index contributed by atoms with van der Waals surface area (Å²) in [5, 5.41) is 10.2. The summed E-state index contributed by atoms with van der Waals surface area (Å²) in [6, 6.07) is 5.30. The zero-order valence-electron chi connectivity index (χ0n) is 12.7. The highest BCUT2D eigenvalue weighted by Crippen LogP contribution is 2.17. The first-order valence-corrected chi connectivity index (χ1v) is 7.93. The topological polar surface area (TPSA) is 87.2 Å². The molecular weight excluding hydrogens is 328 g/mol. The highest BCUT2D eigenvalue weighted by molar-refractivity contribution is 7.03. The Hall–Kier alpha value is -3.07. The average Bonchev–Trinajstić information content (AvgIpc) is 3.33. The third kappa shape index (κ3) is 2.54. The lowest BCUT2D eigenvalue weighted by Gasteiger charge is -2.01. The minimum absolute atomic E-state index is 0.405. The first kappa shape index (κ1) is 14.5. The molecule has 0 fully saturated rings. The van der Waals surface area contributed by atoms with Crippen LogP contribution in [0.5, 0.6) is 0 Å². The van der Waals surface area contributed by atoms with Crippen molar-refractivity contribution in [2.45, 2.75) is 6.54 Å². The summed E-state index contributed by atoms with van der Waals surface area (Å²) in [4.78, 5) is 16.3. The van der Waals surface area contributed by atoms with Crippen molar-refractivity contribution in [3.8, 4) is 11.3 Å². The van der Waals surface area contributed by atoms with Gasteiger partial charge in [-0.05, 0) is 23.7 Å². The minimum Gasteiger partial charge on any atom is -0.464 e. The maximum atomic E-state index is 11.8. The molecule has 0 aliphatic carbocycles. The van der Waals surface area contributed by atoms with Crippen molar-refractivity contribution in [2.75, 3.05) is 7.11 Å². The third-order valence-electron chi connectivity index (χ3n) is 3.53. The van der Waals surface area contributed by atoms with Gasteiger partial charge >= 0.3 is 5.97 Å². The lowest BCUT2D eigenvalue weighted by Crippen LogP contribution is -2.07. The Bertz CT molecular complexity index is 1000. The molecule has 0 atom stereocenters. The summed E-state index contributed by atoms with van der Waals surface area (Å²) in [6.45, 7) is 0.451. The molecule has 0 aromatic carbocycles. The molecule has 4 aromatic heterocycles. The number of carbonyl (C=O) groups is 1. The molecule has 0 radical (unpaired) electrons. The number of hydrogen-bond acceptors (Lipinski definition) is 7. The number of carbonyl (C=O) groups excluding carboxylic acids is 1. The molecule has 0 N–H and O–H groups in total. The van der Waals surface area contributed by atoms with E-state index in [1.807, 2.05) is 17.6 Å². The zero-order valence-corrected chi connectivity index (χ0v) is 13.5. The number of esters is 1. The predicted octanol–water partition coefficient (Wildman–Crippen LogP) is 1.88. The Morgan fingerprint density at radius 3 is 3.04 bits per heavy atom. The van der Waals surface area contributed by atoms with Crippen LogP contribution in [0.15, 0.2) is 42.2 Å². The summed E-state index contributed by atoms with van der Waals surface area (Å²) in [6.07, 6.45) is 5.40. The molecule has 4 rings (SSSR count). The Morgan fingerprint density at radius 1 is 1.33 bits per heavy atom. The fraction of sp³-hybridized carbons (Fsp3) is 0.133. The van der Waals surface area contributed by atoms with E-state index in [-0.39, 0.29) is 0 Å². The molecule has 8 nitrogen and oxygen atoms in total. The number of fused-ring (bicyclic) bond motifs is 1. The molecule has 0 saturated heterocycles. The zero-order chi connectivity index (χ0) is 16.5. The van der Waals surface area contributed by atoms with Crippen molar-refractivity contribution in [1.82, 2.24) is 28.8 Å². The van der Waals surface area contributed by atoms with E-state index >= 15 is 0 Å². The van der Waals surface area contributed by atoms with Gasteiger partial charge in [0.05, 0.1) is 31.7 Å². The minimum atomic E-state index is -0.405. The van der Waals surface area contributed by atoms with Crippen molar-refractivity contribution in [3.63, 3.8) is 0 Å².